The molecule has 1 heterocycles. The Bertz CT molecular complexity index is 777. The SMILES string of the molecule is O=C1c2ccccc2C(=O)N1C[C@H](O)CNc1ccc(Br)c(F)c1. The maximum absolute atomic E-state index is 13.4. The van der Waals surface area contributed by atoms with Crippen LogP contribution >= 0.6 is 15.9 Å². The van der Waals surface area contributed by atoms with Gasteiger partial charge in [-0.2, -0.15) is 0 Å². The van der Waals surface area contributed by atoms with Gasteiger partial charge in [0.2, 0.25) is 0 Å². The highest BCUT2D eigenvalue weighted by Gasteiger charge is 2.35. The molecule has 2 amide bonds. The fraction of sp³-hybridized carbons (Fsp3) is 0.176. The molecule has 3 rings (SSSR count). The summed E-state index contributed by atoms with van der Waals surface area (Å²) in [6.07, 6.45) is -0.973. The first-order valence-corrected chi connectivity index (χ1v) is 8.09. The summed E-state index contributed by atoms with van der Waals surface area (Å²) in [5, 5.41) is 13.0. The first-order chi connectivity index (χ1) is 11.5. The van der Waals surface area contributed by atoms with E-state index in [1.807, 2.05) is 0 Å². The van der Waals surface area contributed by atoms with E-state index in [2.05, 4.69) is 21.2 Å². The van der Waals surface area contributed by atoms with Crippen LogP contribution in [0.3, 0.4) is 0 Å². The number of benzene rings is 2. The Balaban J connectivity index is 1.61. The highest BCUT2D eigenvalue weighted by atomic mass is 79.9. The molecular weight excluding hydrogens is 379 g/mol. The van der Waals surface area contributed by atoms with Crippen molar-refractivity contribution in [2.24, 2.45) is 0 Å². The van der Waals surface area contributed by atoms with Gasteiger partial charge >= 0.3 is 0 Å². The second kappa shape index (κ2) is 6.70. The number of aliphatic hydroxyl groups excluding tert-OH is 1. The average Bonchev–Trinajstić information content (AvgIpc) is 2.81. The minimum Gasteiger partial charge on any atom is -0.389 e. The number of nitrogens with one attached hydrogen (secondary N) is 1. The van der Waals surface area contributed by atoms with E-state index in [1.54, 1.807) is 36.4 Å². The number of hydrogen-bond acceptors (Lipinski definition) is 4. The number of carbonyl (C=O) groups excluding carboxylic acids is 2. The van der Waals surface area contributed by atoms with Crippen molar-refractivity contribution in [1.82, 2.24) is 4.90 Å². The topological polar surface area (TPSA) is 69.6 Å². The third kappa shape index (κ3) is 3.18. The molecular formula is C17H14BrFN2O3. The lowest BCUT2D eigenvalue weighted by Gasteiger charge is -2.19. The average molecular weight is 393 g/mol. The Hall–Kier alpha value is -2.25. The summed E-state index contributed by atoms with van der Waals surface area (Å²) in [6, 6.07) is 11.0. The van der Waals surface area contributed by atoms with Gasteiger partial charge in [0, 0.05) is 12.2 Å². The van der Waals surface area contributed by atoms with Gasteiger partial charge in [-0.3, -0.25) is 14.5 Å². The fourth-order valence-electron chi connectivity index (χ4n) is 2.52. The molecule has 1 aliphatic rings. The summed E-state index contributed by atoms with van der Waals surface area (Å²) in [7, 11) is 0. The van der Waals surface area contributed by atoms with Crippen molar-refractivity contribution >= 4 is 33.4 Å². The lowest BCUT2D eigenvalue weighted by atomic mass is 10.1. The number of amides is 2. The first-order valence-electron chi connectivity index (χ1n) is 7.29. The quantitative estimate of drug-likeness (QED) is 0.767. The van der Waals surface area contributed by atoms with Crippen molar-refractivity contribution in [2.45, 2.75) is 6.10 Å². The van der Waals surface area contributed by atoms with Crippen LogP contribution in [0.5, 0.6) is 0 Å². The lowest BCUT2D eigenvalue weighted by Crippen LogP contribution is -2.39. The van der Waals surface area contributed by atoms with Crippen LogP contribution in [0.15, 0.2) is 46.9 Å². The number of fused-ring (bicyclic) bond motifs is 1. The first kappa shape index (κ1) is 16.6. The van der Waals surface area contributed by atoms with Gasteiger partial charge in [-0.25, -0.2) is 4.39 Å². The van der Waals surface area contributed by atoms with Crippen LogP contribution in [0.1, 0.15) is 20.7 Å². The van der Waals surface area contributed by atoms with Crippen LogP contribution in [-0.2, 0) is 0 Å². The third-order valence-electron chi connectivity index (χ3n) is 3.73. The molecule has 124 valence electrons. The van der Waals surface area contributed by atoms with E-state index in [0.29, 0.717) is 21.3 Å². The van der Waals surface area contributed by atoms with Crippen molar-refractivity contribution in [3.8, 4) is 0 Å². The fourth-order valence-corrected chi connectivity index (χ4v) is 2.77. The van der Waals surface area contributed by atoms with E-state index in [-0.39, 0.29) is 13.1 Å². The molecule has 0 spiro atoms. The van der Waals surface area contributed by atoms with Crippen LogP contribution in [0.2, 0.25) is 0 Å². The number of imide groups is 1. The van der Waals surface area contributed by atoms with Crippen molar-refractivity contribution < 1.29 is 19.1 Å². The molecule has 1 aliphatic heterocycles. The molecule has 7 heteroatoms. The standard InChI is InChI=1S/C17H14BrFN2O3/c18-14-6-5-10(7-15(14)19)20-8-11(22)9-21-16(23)12-3-1-2-4-13(12)17(21)24/h1-7,11,20,22H,8-9H2/t11-/m1/s1. The van der Waals surface area contributed by atoms with Crippen LogP contribution in [0.4, 0.5) is 10.1 Å². The van der Waals surface area contributed by atoms with Gasteiger partial charge in [0.05, 0.1) is 28.2 Å². The molecule has 0 saturated carbocycles. The molecule has 5 nitrogen and oxygen atoms in total. The molecule has 0 bridgehead atoms. The molecule has 2 aromatic rings. The number of β-amino-alcohol motifs (C(OH)–C–C–N with tert-alkyl or cyclic N) is 1. The predicted octanol–water partition coefficient (Wildman–Crippen LogP) is 2.66. The zero-order chi connectivity index (χ0) is 17.3. The summed E-state index contributed by atoms with van der Waals surface area (Å²) in [4.78, 5) is 25.5. The van der Waals surface area contributed by atoms with E-state index in [4.69, 9.17) is 0 Å². The predicted molar refractivity (Wildman–Crippen MR) is 90.4 cm³/mol. The van der Waals surface area contributed by atoms with Crippen molar-refractivity contribution in [3.63, 3.8) is 0 Å². The number of halogens is 2. The minimum absolute atomic E-state index is 0.0779. The Labute approximate surface area is 146 Å². The number of carbonyl (C=O) groups is 2. The lowest BCUT2D eigenvalue weighted by molar-refractivity contribution is 0.0558. The van der Waals surface area contributed by atoms with E-state index >= 15 is 0 Å². The molecule has 0 radical (unpaired) electrons. The van der Waals surface area contributed by atoms with E-state index < -0.39 is 23.7 Å². The van der Waals surface area contributed by atoms with Gasteiger partial charge < -0.3 is 10.4 Å². The molecule has 0 unspecified atom stereocenters. The summed E-state index contributed by atoms with van der Waals surface area (Å²) in [5.74, 6) is -1.25. The Kier molecular flexibility index (Phi) is 4.64. The van der Waals surface area contributed by atoms with Gasteiger partial charge in [-0.15, -0.1) is 0 Å². The molecule has 0 aromatic heterocycles. The van der Waals surface area contributed by atoms with E-state index in [0.717, 1.165) is 4.90 Å². The molecule has 1 atom stereocenters. The second-order valence-corrected chi connectivity index (χ2v) is 6.28. The minimum atomic E-state index is -0.973. The van der Waals surface area contributed by atoms with Gasteiger partial charge in [0.25, 0.3) is 11.8 Å². The van der Waals surface area contributed by atoms with Gasteiger partial charge in [0.1, 0.15) is 5.82 Å². The molecule has 2 aromatic carbocycles. The number of rotatable bonds is 5. The third-order valence-corrected chi connectivity index (χ3v) is 4.38. The van der Waals surface area contributed by atoms with Crippen LogP contribution in [-0.4, -0.2) is 41.0 Å². The van der Waals surface area contributed by atoms with Crippen LogP contribution in [0.25, 0.3) is 0 Å². The van der Waals surface area contributed by atoms with Gasteiger partial charge in [0.15, 0.2) is 0 Å². The van der Waals surface area contributed by atoms with Gasteiger partial charge in [-0.05, 0) is 46.3 Å². The Morgan fingerprint density at radius 3 is 2.33 bits per heavy atom. The smallest absolute Gasteiger partial charge is 0.261 e. The van der Waals surface area contributed by atoms with E-state index in [9.17, 15) is 19.1 Å². The monoisotopic (exact) mass is 392 g/mol. The number of nitrogens with zero attached hydrogens (tertiary/aromatic N) is 1. The van der Waals surface area contributed by atoms with Crippen molar-refractivity contribution in [1.29, 1.82) is 0 Å². The largest absolute Gasteiger partial charge is 0.389 e. The van der Waals surface area contributed by atoms with E-state index in [1.165, 1.54) is 6.07 Å². The number of anilines is 1. The van der Waals surface area contributed by atoms with Crippen LogP contribution in [0, 0.1) is 5.82 Å². The number of hydrogen-bond donors (Lipinski definition) is 2. The summed E-state index contributed by atoms with van der Waals surface area (Å²) < 4.78 is 13.8. The van der Waals surface area contributed by atoms with Crippen molar-refractivity contribution in [3.05, 3.63) is 63.9 Å². The molecule has 0 aliphatic carbocycles. The number of aliphatic hydroxyl groups is 1. The zero-order valence-corrected chi connectivity index (χ0v) is 14.1. The second-order valence-electron chi connectivity index (χ2n) is 5.43. The summed E-state index contributed by atoms with van der Waals surface area (Å²) in [6.45, 7) is -0.0488. The van der Waals surface area contributed by atoms with Gasteiger partial charge in [-0.1, -0.05) is 12.1 Å². The maximum Gasteiger partial charge on any atom is 0.261 e. The summed E-state index contributed by atoms with van der Waals surface area (Å²) >= 11 is 3.06. The van der Waals surface area contributed by atoms with Crippen LogP contribution < -0.4 is 5.32 Å². The Morgan fingerprint density at radius 2 is 1.75 bits per heavy atom. The molecule has 24 heavy (non-hydrogen) atoms. The summed E-state index contributed by atoms with van der Waals surface area (Å²) in [5.41, 5.74) is 1.19. The normalized spacial score (nSPS) is 14.7. The maximum atomic E-state index is 13.4. The highest BCUT2D eigenvalue weighted by molar-refractivity contribution is 9.10. The zero-order valence-electron chi connectivity index (χ0n) is 12.5. The molecule has 0 fully saturated rings. The highest BCUT2D eigenvalue weighted by Crippen LogP contribution is 2.23. The molecule has 2 N–H and O–H groups in total. The Morgan fingerprint density at radius 1 is 1.12 bits per heavy atom. The molecule has 0 saturated heterocycles. The van der Waals surface area contributed by atoms with Crippen molar-refractivity contribution in [2.75, 3.05) is 18.4 Å².